The number of allylic oxidation sites excluding steroid dienone is 2. The Morgan fingerprint density at radius 1 is 0.871 bits per heavy atom. The fraction of sp³-hybridized carbons (Fsp3) is 0.667. The Morgan fingerprint density at radius 3 is 2.26 bits per heavy atom. The number of hydrogen-bond acceptors (Lipinski definition) is 1. The second-order valence-corrected chi connectivity index (χ2v) is 9.95. The Hall–Kier alpha value is -1.68. The van der Waals surface area contributed by atoms with E-state index in [0.29, 0.717) is 11.8 Å². The lowest BCUT2D eigenvalue weighted by Gasteiger charge is -2.26. The van der Waals surface area contributed by atoms with Crippen molar-refractivity contribution in [1.82, 2.24) is 0 Å². The summed E-state index contributed by atoms with van der Waals surface area (Å²) in [6, 6.07) is 8.58. The van der Waals surface area contributed by atoms with Gasteiger partial charge in [0.05, 0.1) is 6.61 Å². The molecular weight excluding hydrogens is 376 g/mol. The van der Waals surface area contributed by atoms with E-state index in [0.717, 1.165) is 30.6 Å². The first-order valence-electron chi connectivity index (χ1n) is 13.2. The Morgan fingerprint density at radius 2 is 1.58 bits per heavy atom. The van der Waals surface area contributed by atoms with Crippen molar-refractivity contribution in [2.75, 3.05) is 6.61 Å². The Kier molecular flexibility index (Phi) is 10.6. The minimum absolute atomic E-state index is 0.582. The van der Waals surface area contributed by atoms with Crippen LogP contribution in [0.2, 0.25) is 0 Å². The van der Waals surface area contributed by atoms with Gasteiger partial charge in [0.1, 0.15) is 5.75 Å². The largest absolute Gasteiger partial charge is 0.493 e. The highest BCUT2D eigenvalue weighted by Crippen LogP contribution is 2.33. The number of aryl methyl sites for hydroxylation is 1. The van der Waals surface area contributed by atoms with E-state index in [1.54, 1.807) is 0 Å². The molecule has 31 heavy (non-hydrogen) atoms. The molecule has 0 saturated heterocycles. The van der Waals surface area contributed by atoms with E-state index in [4.69, 9.17) is 4.74 Å². The van der Waals surface area contributed by atoms with Crippen LogP contribution in [0.25, 0.3) is 0 Å². The standard InChI is InChI=1S/C30H44O/c1-3-5-6-9-26-12-14-27(15-13-26)10-7-8-11-28-16-18-29(19-17-28)24-31-30-22-20-25(4-2)21-23-30/h7,10,20-23,26-29H,3-6,9,12-19,24H2,1-2H3. The first-order chi connectivity index (χ1) is 15.3. The van der Waals surface area contributed by atoms with Gasteiger partial charge in [-0.1, -0.05) is 69.6 Å². The normalized spacial score (nSPS) is 26.4. The molecule has 2 aliphatic carbocycles. The zero-order valence-electron chi connectivity index (χ0n) is 20.1. The zero-order valence-corrected chi connectivity index (χ0v) is 20.1. The maximum absolute atomic E-state index is 6.03. The maximum Gasteiger partial charge on any atom is 0.119 e. The molecule has 0 spiro atoms. The molecule has 0 N–H and O–H groups in total. The molecule has 0 amide bonds. The van der Waals surface area contributed by atoms with E-state index in [9.17, 15) is 0 Å². The summed E-state index contributed by atoms with van der Waals surface area (Å²) >= 11 is 0. The molecule has 0 aromatic heterocycles. The Labute approximate surface area is 192 Å². The second kappa shape index (κ2) is 13.7. The van der Waals surface area contributed by atoms with Crippen LogP contribution in [-0.2, 0) is 6.42 Å². The van der Waals surface area contributed by atoms with Gasteiger partial charge in [0, 0.05) is 5.92 Å². The van der Waals surface area contributed by atoms with Gasteiger partial charge in [-0.3, -0.25) is 0 Å². The molecule has 0 aliphatic heterocycles. The van der Waals surface area contributed by atoms with Crippen molar-refractivity contribution in [3.63, 3.8) is 0 Å². The second-order valence-electron chi connectivity index (χ2n) is 9.95. The van der Waals surface area contributed by atoms with Gasteiger partial charge in [-0.25, -0.2) is 0 Å². The predicted octanol–water partition coefficient (Wildman–Crippen LogP) is 8.38. The summed E-state index contributed by atoms with van der Waals surface area (Å²) in [6.45, 7) is 5.34. The zero-order chi connectivity index (χ0) is 21.7. The van der Waals surface area contributed by atoms with E-state index in [2.05, 4.69) is 62.1 Å². The molecule has 0 bridgehead atoms. The topological polar surface area (TPSA) is 9.23 Å². The van der Waals surface area contributed by atoms with Crippen LogP contribution in [0.5, 0.6) is 5.75 Å². The van der Waals surface area contributed by atoms with Gasteiger partial charge in [-0.15, -0.1) is 0 Å². The minimum atomic E-state index is 0.582. The first-order valence-corrected chi connectivity index (χ1v) is 13.2. The third-order valence-corrected chi connectivity index (χ3v) is 7.51. The van der Waals surface area contributed by atoms with Gasteiger partial charge in [0.15, 0.2) is 0 Å². The molecule has 3 rings (SSSR count). The molecule has 2 saturated carbocycles. The molecule has 0 radical (unpaired) electrons. The van der Waals surface area contributed by atoms with Crippen molar-refractivity contribution >= 4 is 0 Å². The Bertz CT molecular complexity index is 688. The highest BCUT2D eigenvalue weighted by atomic mass is 16.5. The lowest BCUT2D eigenvalue weighted by atomic mass is 9.79. The van der Waals surface area contributed by atoms with Crippen LogP contribution in [0.4, 0.5) is 0 Å². The molecule has 2 fully saturated rings. The van der Waals surface area contributed by atoms with Gasteiger partial charge < -0.3 is 4.74 Å². The van der Waals surface area contributed by atoms with E-state index in [1.165, 1.54) is 82.6 Å². The number of benzene rings is 1. The highest BCUT2D eigenvalue weighted by molar-refractivity contribution is 5.27. The first kappa shape index (κ1) is 24.0. The summed E-state index contributed by atoms with van der Waals surface area (Å²) in [5.74, 6) is 11.0. The quantitative estimate of drug-likeness (QED) is 0.288. The highest BCUT2D eigenvalue weighted by Gasteiger charge is 2.21. The van der Waals surface area contributed by atoms with Gasteiger partial charge in [0.2, 0.25) is 0 Å². The van der Waals surface area contributed by atoms with E-state index in [1.807, 2.05) is 0 Å². The molecule has 0 atom stereocenters. The maximum atomic E-state index is 6.03. The van der Waals surface area contributed by atoms with Crippen molar-refractivity contribution < 1.29 is 4.74 Å². The predicted molar refractivity (Wildman–Crippen MR) is 133 cm³/mol. The lowest BCUT2D eigenvalue weighted by Crippen LogP contribution is -2.19. The third-order valence-electron chi connectivity index (χ3n) is 7.51. The number of unbranched alkanes of at least 4 members (excludes halogenated alkanes) is 2. The van der Waals surface area contributed by atoms with E-state index < -0.39 is 0 Å². The number of hydrogen-bond donors (Lipinski definition) is 0. The average molecular weight is 421 g/mol. The number of rotatable bonds is 9. The summed E-state index contributed by atoms with van der Waals surface area (Å²) in [5, 5.41) is 0. The molecule has 1 nitrogen and oxygen atoms in total. The van der Waals surface area contributed by atoms with E-state index in [-0.39, 0.29) is 0 Å². The van der Waals surface area contributed by atoms with Gasteiger partial charge >= 0.3 is 0 Å². The minimum Gasteiger partial charge on any atom is -0.493 e. The third kappa shape index (κ3) is 8.76. The van der Waals surface area contributed by atoms with Crippen molar-refractivity contribution in [2.45, 2.75) is 97.3 Å². The summed E-state index contributed by atoms with van der Waals surface area (Å²) < 4.78 is 6.03. The van der Waals surface area contributed by atoms with Crippen LogP contribution in [0.3, 0.4) is 0 Å². The molecule has 1 heteroatoms. The van der Waals surface area contributed by atoms with Gasteiger partial charge in [0.25, 0.3) is 0 Å². The molecule has 1 aromatic carbocycles. The lowest BCUT2D eigenvalue weighted by molar-refractivity contribution is 0.196. The SMILES string of the molecule is CCCCCC1CCC(C=CC#CC2CCC(COc3ccc(CC)cc3)CC2)CC1. The van der Waals surface area contributed by atoms with Crippen LogP contribution in [0.15, 0.2) is 36.4 Å². The molecule has 1 aromatic rings. The smallest absolute Gasteiger partial charge is 0.119 e. The summed E-state index contributed by atoms with van der Waals surface area (Å²) in [5.41, 5.74) is 1.37. The van der Waals surface area contributed by atoms with Crippen LogP contribution in [0, 0.1) is 35.5 Å². The van der Waals surface area contributed by atoms with Gasteiger partial charge in [-0.2, -0.15) is 0 Å². The van der Waals surface area contributed by atoms with Gasteiger partial charge in [-0.05, 0) is 99.3 Å². The monoisotopic (exact) mass is 420 g/mol. The molecule has 0 unspecified atom stereocenters. The molecule has 170 valence electrons. The molecule has 2 aliphatic rings. The van der Waals surface area contributed by atoms with Crippen molar-refractivity contribution in [2.24, 2.45) is 23.7 Å². The fourth-order valence-electron chi connectivity index (χ4n) is 5.21. The number of ether oxygens (including phenoxy) is 1. The molecule has 0 heterocycles. The van der Waals surface area contributed by atoms with Crippen LogP contribution >= 0.6 is 0 Å². The summed E-state index contributed by atoms with van der Waals surface area (Å²) in [4.78, 5) is 0. The van der Waals surface area contributed by atoms with E-state index >= 15 is 0 Å². The van der Waals surface area contributed by atoms with Crippen molar-refractivity contribution in [1.29, 1.82) is 0 Å². The summed E-state index contributed by atoms with van der Waals surface area (Å²) in [7, 11) is 0. The van der Waals surface area contributed by atoms with Crippen LogP contribution in [-0.4, -0.2) is 6.61 Å². The Balaban J connectivity index is 1.29. The van der Waals surface area contributed by atoms with Crippen molar-refractivity contribution in [3.8, 4) is 17.6 Å². The summed E-state index contributed by atoms with van der Waals surface area (Å²) in [6.07, 6.45) is 21.9. The van der Waals surface area contributed by atoms with Crippen LogP contribution < -0.4 is 4.74 Å². The average Bonchev–Trinajstić information content (AvgIpc) is 2.82. The molecular formula is C30H44O. The van der Waals surface area contributed by atoms with Crippen molar-refractivity contribution in [3.05, 3.63) is 42.0 Å². The van der Waals surface area contributed by atoms with Crippen LogP contribution in [0.1, 0.15) is 96.5 Å². The fourth-order valence-corrected chi connectivity index (χ4v) is 5.21.